The lowest BCUT2D eigenvalue weighted by Crippen LogP contribution is -2.29. The van der Waals surface area contributed by atoms with Crippen molar-refractivity contribution in [2.24, 2.45) is 5.92 Å². The molecule has 0 fully saturated rings. The van der Waals surface area contributed by atoms with Gasteiger partial charge in [-0.3, -0.25) is 0 Å². The third kappa shape index (κ3) is 5.20. The van der Waals surface area contributed by atoms with Gasteiger partial charge < -0.3 is 15.1 Å². The first-order valence-corrected chi connectivity index (χ1v) is 7.71. The Hall–Kier alpha value is -2.17. The molecule has 2 rings (SSSR count). The van der Waals surface area contributed by atoms with Gasteiger partial charge in [-0.1, -0.05) is 67.6 Å². The number of aliphatic hydroxyl groups is 1. The minimum Gasteiger partial charge on any atom is -0.624 e. The third-order valence-corrected chi connectivity index (χ3v) is 3.78. The number of rotatable bonds is 7. The average Bonchev–Trinajstić information content (AvgIpc) is 2.56. The van der Waals surface area contributed by atoms with Gasteiger partial charge in [0.1, 0.15) is 13.2 Å². The van der Waals surface area contributed by atoms with E-state index in [1.54, 1.807) is 0 Å². The van der Waals surface area contributed by atoms with E-state index in [0.29, 0.717) is 11.3 Å². The summed E-state index contributed by atoms with van der Waals surface area (Å²) in [6.07, 6.45) is 0.0769. The van der Waals surface area contributed by atoms with Gasteiger partial charge >= 0.3 is 0 Å². The van der Waals surface area contributed by atoms with Gasteiger partial charge in [0.2, 0.25) is 0 Å². The van der Waals surface area contributed by atoms with E-state index in [2.05, 4.69) is 0 Å². The van der Waals surface area contributed by atoms with Crippen LogP contribution in [0.4, 0.5) is 0 Å². The third-order valence-electron chi connectivity index (χ3n) is 3.78. The maximum atomic E-state index is 11.2. The molecule has 4 nitrogen and oxygen atoms in total. The molecule has 0 aliphatic carbocycles. The van der Waals surface area contributed by atoms with E-state index in [-0.39, 0.29) is 12.0 Å². The number of nitrogens with zero attached hydrogens (tertiary/aromatic N) is 1. The van der Waals surface area contributed by atoms with Crippen LogP contribution in [0.2, 0.25) is 0 Å². The number of benzene rings is 2. The molecule has 0 heterocycles. The summed E-state index contributed by atoms with van der Waals surface area (Å²) in [5.41, 5.74) is 2.05. The molecule has 0 radical (unpaired) electrons. The van der Waals surface area contributed by atoms with Gasteiger partial charge in [-0.2, -0.15) is 0 Å². The molecule has 0 amide bonds. The molecule has 0 aliphatic heterocycles. The Labute approximate surface area is 137 Å². The highest BCUT2D eigenvalue weighted by Gasteiger charge is 2.27. The summed E-state index contributed by atoms with van der Waals surface area (Å²) in [7, 11) is 1.36. The van der Waals surface area contributed by atoms with Crippen LogP contribution >= 0.6 is 0 Å². The first-order valence-electron chi connectivity index (χ1n) is 7.71. The molecule has 23 heavy (non-hydrogen) atoms. The van der Waals surface area contributed by atoms with E-state index in [1.807, 2.05) is 67.6 Å². The standard InChI is InChI=1S/C19H23NO3/c1-15(18(21)13-20(2)22)19(17-11-7-4-8-12-17)23-14-16-9-5-3-6-10-16/h3-13,15,18-19,21H,14H2,1-2H3/b20-13-/t15-,18-,19+/m0/s1. The predicted octanol–water partition coefficient (Wildman–Crippen LogP) is 3.15. The van der Waals surface area contributed by atoms with Crippen LogP contribution in [-0.2, 0) is 11.3 Å². The Morgan fingerprint density at radius 2 is 1.65 bits per heavy atom. The van der Waals surface area contributed by atoms with E-state index < -0.39 is 6.10 Å². The zero-order chi connectivity index (χ0) is 16.7. The molecule has 0 aliphatic rings. The summed E-state index contributed by atoms with van der Waals surface area (Å²) in [4.78, 5) is 0. The summed E-state index contributed by atoms with van der Waals surface area (Å²) >= 11 is 0. The van der Waals surface area contributed by atoms with Crippen LogP contribution in [0, 0.1) is 11.1 Å². The van der Waals surface area contributed by atoms with Crippen molar-refractivity contribution < 1.29 is 14.6 Å². The maximum absolute atomic E-state index is 11.2. The Morgan fingerprint density at radius 3 is 2.22 bits per heavy atom. The van der Waals surface area contributed by atoms with Gasteiger partial charge in [-0.05, 0) is 11.1 Å². The highest BCUT2D eigenvalue weighted by Crippen LogP contribution is 2.29. The van der Waals surface area contributed by atoms with Gasteiger partial charge in [0, 0.05) is 5.92 Å². The number of aliphatic hydroxyl groups excluding tert-OH is 1. The second kappa shape index (κ2) is 8.46. The predicted molar refractivity (Wildman–Crippen MR) is 91.2 cm³/mol. The van der Waals surface area contributed by atoms with E-state index in [9.17, 15) is 10.3 Å². The Balaban J connectivity index is 2.16. The topological polar surface area (TPSA) is 55.5 Å². The van der Waals surface area contributed by atoms with E-state index >= 15 is 0 Å². The first-order chi connectivity index (χ1) is 11.1. The molecule has 1 N–H and O–H groups in total. The summed E-state index contributed by atoms with van der Waals surface area (Å²) in [5.74, 6) is -0.252. The minimum absolute atomic E-state index is 0.252. The molecule has 2 aromatic rings. The largest absolute Gasteiger partial charge is 0.624 e. The SMILES string of the molecule is C[C@@H]([C@@H](O)/C=[N+](/C)[O-])[C@@H](OCc1ccccc1)c1ccccc1. The van der Waals surface area contributed by atoms with Crippen molar-refractivity contribution in [1.29, 1.82) is 0 Å². The van der Waals surface area contributed by atoms with Crippen LogP contribution in [0.3, 0.4) is 0 Å². The summed E-state index contributed by atoms with van der Waals surface area (Å²) < 4.78 is 6.70. The van der Waals surface area contributed by atoms with Gasteiger partial charge in [0.25, 0.3) is 0 Å². The molecule has 0 spiro atoms. The smallest absolute Gasteiger partial charge is 0.179 e. The maximum Gasteiger partial charge on any atom is 0.179 e. The van der Waals surface area contributed by atoms with Crippen molar-refractivity contribution in [1.82, 2.24) is 0 Å². The lowest BCUT2D eigenvalue weighted by atomic mass is 9.92. The molecule has 0 bridgehead atoms. The fourth-order valence-electron chi connectivity index (χ4n) is 2.48. The molecular formula is C19H23NO3. The highest BCUT2D eigenvalue weighted by atomic mass is 16.5. The van der Waals surface area contributed by atoms with Crippen LogP contribution in [0.5, 0.6) is 0 Å². The van der Waals surface area contributed by atoms with Crippen molar-refractivity contribution in [3.63, 3.8) is 0 Å². The van der Waals surface area contributed by atoms with Crippen LogP contribution in [0.25, 0.3) is 0 Å². The molecule has 4 heteroatoms. The summed E-state index contributed by atoms with van der Waals surface area (Å²) in [6.45, 7) is 2.33. The summed E-state index contributed by atoms with van der Waals surface area (Å²) in [5, 5.41) is 21.4. The Bertz CT molecular complexity index is 609. The van der Waals surface area contributed by atoms with Gasteiger partial charge in [-0.25, -0.2) is 4.74 Å². The Kier molecular flexibility index (Phi) is 6.32. The minimum atomic E-state index is -0.876. The van der Waals surface area contributed by atoms with Crippen molar-refractivity contribution in [3.05, 3.63) is 77.0 Å². The van der Waals surface area contributed by atoms with Gasteiger partial charge in [-0.15, -0.1) is 0 Å². The number of hydrogen-bond donors (Lipinski definition) is 1. The zero-order valence-electron chi connectivity index (χ0n) is 13.5. The van der Waals surface area contributed by atoms with Crippen molar-refractivity contribution in [2.75, 3.05) is 7.05 Å². The summed E-state index contributed by atoms with van der Waals surface area (Å²) in [6, 6.07) is 19.7. The van der Waals surface area contributed by atoms with Crippen molar-refractivity contribution in [2.45, 2.75) is 25.7 Å². The van der Waals surface area contributed by atoms with E-state index in [4.69, 9.17) is 4.74 Å². The molecule has 0 unspecified atom stereocenters. The zero-order valence-corrected chi connectivity index (χ0v) is 13.5. The quantitative estimate of drug-likeness (QED) is 0.370. The second-order valence-corrected chi connectivity index (χ2v) is 5.67. The Morgan fingerprint density at radius 1 is 1.09 bits per heavy atom. The fraction of sp³-hybridized carbons (Fsp3) is 0.316. The van der Waals surface area contributed by atoms with Crippen molar-refractivity contribution in [3.8, 4) is 0 Å². The number of ether oxygens (including phenoxy) is 1. The fourth-order valence-corrected chi connectivity index (χ4v) is 2.48. The lowest BCUT2D eigenvalue weighted by Gasteiger charge is -2.26. The molecule has 3 atom stereocenters. The van der Waals surface area contributed by atoms with Crippen LogP contribution in [0.1, 0.15) is 24.2 Å². The van der Waals surface area contributed by atoms with Gasteiger partial charge in [0.05, 0.1) is 12.7 Å². The molecule has 2 aromatic carbocycles. The van der Waals surface area contributed by atoms with Gasteiger partial charge in [0.15, 0.2) is 6.21 Å². The second-order valence-electron chi connectivity index (χ2n) is 5.67. The van der Waals surface area contributed by atoms with E-state index in [1.165, 1.54) is 13.3 Å². The lowest BCUT2D eigenvalue weighted by molar-refractivity contribution is -0.421. The highest BCUT2D eigenvalue weighted by molar-refractivity contribution is 5.58. The first kappa shape index (κ1) is 17.2. The van der Waals surface area contributed by atoms with Crippen LogP contribution in [0.15, 0.2) is 60.7 Å². The molecule has 0 aromatic heterocycles. The number of hydroxylamine groups is 1. The van der Waals surface area contributed by atoms with E-state index in [0.717, 1.165) is 11.1 Å². The van der Waals surface area contributed by atoms with Crippen molar-refractivity contribution >= 4 is 6.21 Å². The molecule has 0 saturated heterocycles. The molecule has 122 valence electrons. The normalized spacial score (nSPS) is 15.9. The average molecular weight is 313 g/mol. The van der Waals surface area contributed by atoms with Crippen LogP contribution < -0.4 is 0 Å². The molecule has 0 saturated carbocycles. The number of hydrogen-bond acceptors (Lipinski definition) is 3. The monoisotopic (exact) mass is 313 g/mol. The van der Waals surface area contributed by atoms with Crippen LogP contribution in [-0.4, -0.2) is 29.2 Å². The molecular weight excluding hydrogens is 290 g/mol.